The van der Waals surface area contributed by atoms with Crippen molar-refractivity contribution in [2.24, 2.45) is 0 Å². The van der Waals surface area contributed by atoms with Crippen molar-refractivity contribution in [2.45, 2.75) is 19.3 Å². The predicted molar refractivity (Wildman–Crippen MR) is 201 cm³/mol. The van der Waals surface area contributed by atoms with Crippen molar-refractivity contribution in [2.75, 3.05) is 38.2 Å². The van der Waals surface area contributed by atoms with E-state index in [1.807, 2.05) is 48.5 Å². The van der Waals surface area contributed by atoms with Crippen LogP contribution in [0.5, 0.6) is 23.0 Å². The second-order valence-electron chi connectivity index (χ2n) is 12.2. The zero-order chi connectivity index (χ0) is 34.4. The molecular weight excluding hydrogens is 608 g/mol. The highest BCUT2D eigenvalue weighted by molar-refractivity contribution is 5.78. The molecule has 0 aliphatic rings. The summed E-state index contributed by atoms with van der Waals surface area (Å²) >= 11 is 0. The molecule has 0 fully saturated rings. The third-order valence-electron chi connectivity index (χ3n) is 9.02. The number of methoxy groups -OCH3 is 4. The Bertz CT molecular complexity index is 1700. The molecule has 0 amide bonds. The van der Waals surface area contributed by atoms with Crippen molar-refractivity contribution in [3.05, 3.63) is 157 Å². The molecule has 0 atom stereocenters. The Kier molecular flexibility index (Phi) is 9.77. The van der Waals surface area contributed by atoms with Crippen LogP contribution < -0.4 is 28.7 Å². The SMILES string of the molecule is COc1ccc(N(c2ccc(OC)cc2)c2ccc(C(C)(C)c3ccc(N(c4ccc(OC)cc4)c4ccc(OC)cc4)cc3)cc2)cc1. The number of benzene rings is 6. The number of anilines is 6. The van der Waals surface area contributed by atoms with Crippen LogP contribution in [-0.4, -0.2) is 28.4 Å². The molecule has 0 radical (unpaired) electrons. The van der Waals surface area contributed by atoms with E-state index >= 15 is 0 Å². The lowest BCUT2D eigenvalue weighted by Gasteiger charge is -2.30. The molecule has 0 N–H and O–H groups in total. The largest absolute Gasteiger partial charge is 0.497 e. The van der Waals surface area contributed by atoms with Gasteiger partial charge in [-0.15, -0.1) is 0 Å². The predicted octanol–water partition coefficient (Wildman–Crippen LogP) is 11.0. The van der Waals surface area contributed by atoms with Gasteiger partial charge in [-0.1, -0.05) is 38.1 Å². The maximum atomic E-state index is 5.42. The summed E-state index contributed by atoms with van der Waals surface area (Å²) in [6.45, 7) is 4.54. The van der Waals surface area contributed by atoms with Crippen molar-refractivity contribution in [3.63, 3.8) is 0 Å². The highest BCUT2D eigenvalue weighted by Crippen LogP contribution is 2.41. The molecule has 0 saturated heterocycles. The summed E-state index contributed by atoms with van der Waals surface area (Å²) in [7, 11) is 6.73. The van der Waals surface area contributed by atoms with Gasteiger partial charge in [-0.2, -0.15) is 0 Å². The molecule has 0 heterocycles. The first-order valence-corrected chi connectivity index (χ1v) is 16.2. The van der Waals surface area contributed by atoms with Gasteiger partial charge in [0, 0.05) is 39.5 Å². The van der Waals surface area contributed by atoms with Crippen LogP contribution in [0.1, 0.15) is 25.0 Å². The van der Waals surface area contributed by atoms with Crippen LogP contribution in [0.2, 0.25) is 0 Å². The fourth-order valence-corrected chi connectivity index (χ4v) is 6.04. The van der Waals surface area contributed by atoms with Gasteiger partial charge in [0.05, 0.1) is 28.4 Å². The van der Waals surface area contributed by atoms with E-state index in [0.29, 0.717) is 0 Å². The second kappa shape index (κ2) is 14.5. The monoisotopic (exact) mass is 650 g/mol. The Hall–Kier alpha value is -5.88. The molecule has 49 heavy (non-hydrogen) atoms. The molecule has 248 valence electrons. The van der Waals surface area contributed by atoms with E-state index in [9.17, 15) is 0 Å². The number of nitrogens with zero attached hydrogens (tertiary/aromatic N) is 2. The minimum atomic E-state index is -0.243. The summed E-state index contributed by atoms with van der Waals surface area (Å²) in [4.78, 5) is 4.47. The molecule has 0 aliphatic heterocycles. The van der Waals surface area contributed by atoms with Crippen molar-refractivity contribution >= 4 is 34.1 Å². The quantitative estimate of drug-likeness (QED) is 0.131. The Morgan fingerprint density at radius 1 is 0.306 bits per heavy atom. The first kappa shape index (κ1) is 33.0. The summed E-state index contributed by atoms with van der Waals surface area (Å²) in [6, 6.07) is 50.1. The van der Waals surface area contributed by atoms with E-state index in [1.165, 1.54) is 11.1 Å². The number of hydrogen-bond acceptors (Lipinski definition) is 6. The van der Waals surface area contributed by atoms with Gasteiger partial charge in [0.2, 0.25) is 0 Å². The summed E-state index contributed by atoms with van der Waals surface area (Å²) in [5.41, 5.74) is 8.44. The van der Waals surface area contributed by atoms with Gasteiger partial charge in [-0.25, -0.2) is 0 Å². The maximum absolute atomic E-state index is 5.42. The molecular formula is C43H42N2O4. The molecule has 6 rings (SSSR count). The zero-order valence-electron chi connectivity index (χ0n) is 28.9. The Labute approximate surface area is 289 Å². The molecule has 6 heteroatoms. The molecule has 0 spiro atoms. The van der Waals surface area contributed by atoms with Crippen LogP contribution in [0.3, 0.4) is 0 Å². The average Bonchev–Trinajstić information content (AvgIpc) is 3.16. The van der Waals surface area contributed by atoms with E-state index < -0.39 is 0 Å². The smallest absolute Gasteiger partial charge is 0.119 e. The van der Waals surface area contributed by atoms with Gasteiger partial charge in [0.15, 0.2) is 0 Å². The molecule has 6 aromatic rings. The summed E-state index contributed by atoms with van der Waals surface area (Å²) < 4.78 is 21.7. The summed E-state index contributed by atoms with van der Waals surface area (Å²) in [5.74, 6) is 3.27. The fourth-order valence-electron chi connectivity index (χ4n) is 6.04. The third-order valence-corrected chi connectivity index (χ3v) is 9.02. The van der Waals surface area contributed by atoms with Crippen LogP contribution in [0, 0.1) is 0 Å². The molecule has 6 aromatic carbocycles. The minimum absolute atomic E-state index is 0.243. The molecule has 0 aliphatic carbocycles. The van der Waals surface area contributed by atoms with Crippen LogP contribution in [0.15, 0.2) is 146 Å². The van der Waals surface area contributed by atoms with Gasteiger partial charge >= 0.3 is 0 Å². The van der Waals surface area contributed by atoms with Crippen LogP contribution in [-0.2, 0) is 5.41 Å². The lowest BCUT2D eigenvalue weighted by molar-refractivity contribution is 0.414. The van der Waals surface area contributed by atoms with E-state index in [1.54, 1.807) is 28.4 Å². The van der Waals surface area contributed by atoms with Crippen molar-refractivity contribution < 1.29 is 18.9 Å². The Morgan fingerprint density at radius 2 is 0.490 bits per heavy atom. The highest BCUT2D eigenvalue weighted by atomic mass is 16.5. The van der Waals surface area contributed by atoms with Crippen LogP contribution >= 0.6 is 0 Å². The van der Waals surface area contributed by atoms with E-state index in [4.69, 9.17) is 18.9 Å². The molecule has 0 bridgehead atoms. The zero-order valence-corrected chi connectivity index (χ0v) is 28.9. The molecule has 0 aromatic heterocycles. The molecule has 0 unspecified atom stereocenters. The first-order valence-electron chi connectivity index (χ1n) is 16.2. The standard InChI is InChI=1S/C43H42N2O4/c1-43(2,31-7-11-33(12-8-31)44(35-15-23-39(46-3)24-16-35)36-17-25-40(47-4)26-18-36)32-9-13-34(14-10-32)45(37-19-27-41(48-5)28-20-37)38-21-29-42(49-6)30-22-38/h7-30H,1-6H3. The summed E-state index contributed by atoms with van der Waals surface area (Å²) in [5, 5.41) is 0. The molecule has 6 nitrogen and oxygen atoms in total. The number of ether oxygens (including phenoxy) is 4. The number of rotatable bonds is 12. The van der Waals surface area contributed by atoms with Crippen molar-refractivity contribution in [1.82, 2.24) is 0 Å². The van der Waals surface area contributed by atoms with Crippen LogP contribution in [0.25, 0.3) is 0 Å². The molecule has 0 saturated carbocycles. The van der Waals surface area contributed by atoms with Gasteiger partial charge in [0.25, 0.3) is 0 Å². The first-order chi connectivity index (χ1) is 23.8. The second-order valence-corrected chi connectivity index (χ2v) is 12.2. The average molecular weight is 651 g/mol. The van der Waals surface area contributed by atoms with Gasteiger partial charge in [-0.05, 0) is 132 Å². The maximum Gasteiger partial charge on any atom is 0.119 e. The third kappa shape index (κ3) is 7.04. The Balaban J connectivity index is 1.31. The van der Waals surface area contributed by atoms with E-state index in [0.717, 1.165) is 57.1 Å². The van der Waals surface area contributed by atoms with Gasteiger partial charge in [0.1, 0.15) is 23.0 Å². The summed E-state index contributed by atoms with van der Waals surface area (Å²) in [6.07, 6.45) is 0. The van der Waals surface area contributed by atoms with Gasteiger partial charge in [-0.3, -0.25) is 0 Å². The normalized spacial score (nSPS) is 11.1. The number of hydrogen-bond donors (Lipinski definition) is 0. The van der Waals surface area contributed by atoms with E-state index in [-0.39, 0.29) is 5.41 Å². The topological polar surface area (TPSA) is 43.4 Å². The Morgan fingerprint density at radius 3 is 0.673 bits per heavy atom. The van der Waals surface area contributed by atoms with Gasteiger partial charge < -0.3 is 28.7 Å². The van der Waals surface area contributed by atoms with E-state index in [2.05, 4.69) is 121 Å². The fraction of sp³-hybridized carbons (Fsp3) is 0.163. The highest BCUT2D eigenvalue weighted by Gasteiger charge is 2.24. The van der Waals surface area contributed by atoms with Crippen molar-refractivity contribution in [1.29, 1.82) is 0 Å². The lowest BCUT2D eigenvalue weighted by atomic mass is 9.78. The van der Waals surface area contributed by atoms with Crippen molar-refractivity contribution in [3.8, 4) is 23.0 Å². The minimum Gasteiger partial charge on any atom is -0.497 e. The van der Waals surface area contributed by atoms with Crippen LogP contribution in [0.4, 0.5) is 34.1 Å². The lowest BCUT2D eigenvalue weighted by Crippen LogP contribution is -2.19.